The van der Waals surface area contributed by atoms with E-state index in [4.69, 9.17) is 15.3 Å². The Hall–Kier alpha value is 0.317. The van der Waals surface area contributed by atoms with Crippen molar-refractivity contribution in [2.24, 2.45) is 0 Å². The van der Waals surface area contributed by atoms with Crippen molar-refractivity contribution in [2.45, 2.75) is 72.4 Å². The molecule has 3 nitrogen and oxygen atoms in total. The van der Waals surface area contributed by atoms with E-state index in [9.17, 15) is 0 Å². The van der Waals surface area contributed by atoms with Crippen molar-refractivity contribution in [3.05, 3.63) is 24.3 Å². The van der Waals surface area contributed by atoms with Crippen molar-refractivity contribution >= 4 is 14.0 Å². The van der Waals surface area contributed by atoms with Gasteiger partial charge in [-0.3, -0.25) is 0 Å². The Morgan fingerprint density at radius 2 is 1.00 bits per heavy atom. The van der Waals surface area contributed by atoms with E-state index in [1.54, 1.807) is 5.19 Å². The summed E-state index contributed by atoms with van der Waals surface area (Å²) in [6.45, 7) is 11.9. The molecule has 0 atom stereocenters. The zero-order valence-corrected chi connectivity index (χ0v) is 21.3. The molecule has 0 unspecified atom stereocenters. The first kappa shape index (κ1) is 32.0. The Labute approximate surface area is 171 Å². The first-order valence-corrected chi connectivity index (χ1v) is 12.0. The molecule has 0 amide bonds. The Kier molecular flexibility index (Phi) is 41.5. The number of unbranched alkanes of at least 4 members (excludes halogenated alkanes) is 3. The number of rotatable bonds is 7. The minimum absolute atomic E-state index is 0. The number of aliphatic hydroxyl groups is 3. The second kappa shape index (κ2) is 31.1. The van der Waals surface area contributed by atoms with Gasteiger partial charge < -0.3 is 15.3 Å². The summed E-state index contributed by atoms with van der Waals surface area (Å²) in [4.78, 5) is 0. The third kappa shape index (κ3) is 33.8. The second-order valence-corrected chi connectivity index (χ2v) is 8.58. The van der Waals surface area contributed by atoms with Crippen LogP contribution in [0.25, 0.3) is 0 Å². The van der Waals surface area contributed by atoms with Crippen LogP contribution in [0.15, 0.2) is 24.3 Å². The van der Waals surface area contributed by atoms with Crippen molar-refractivity contribution in [2.75, 3.05) is 19.8 Å². The van der Waals surface area contributed by atoms with Gasteiger partial charge in [-0.2, -0.15) is 17.3 Å². The van der Waals surface area contributed by atoms with E-state index in [0.717, 1.165) is 38.5 Å². The summed E-state index contributed by atoms with van der Waals surface area (Å²) in [5.41, 5.74) is 0. The molecule has 144 valence electrons. The van der Waals surface area contributed by atoms with Crippen LogP contribution in [0.5, 0.6) is 0 Å². The van der Waals surface area contributed by atoms with E-state index >= 15 is 0 Å². The van der Waals surface area contributed by atoms with Crippen LogP contribution in [-0.2, 0) is 25.8 Å². The van der Waals surface area contributed by atoms with Gasteiger partial charge in [0.15, 0.2) is 0 Å². The predicted octanol–water partition coefficient (Wildman–Crippen LogP) is 3.43. The topological polar surface area (TPSA) is 60.7 Å². The van der Waals surface area contributed by atoms with Gasteiger partial charge in [0.05, 0.1) is 0 Å². The summed E-state index contributed by atoms with van der Waals surface area (Å²) >= 11 is 0. The monoisotopic (exact) mass is 525 g/mol. The molecule has 1 aromatic rings. The molecule has 0 aromatic heterocycles. The van der Waals surface area contributed by atoms with Gasteiger partial charge in [0.2, 0.25) is 0 Å². The maximum absolute atomic E-state index is 8.07. The van der Waals surface area contributed by atoms with E-state index in [2.05, 4.69) is 58.1 Å². The van der Waals surface area contributed by atoms with Gasteiger partial charge in [-0.1, -0.05) is 53.1 Å². The smallest absolute Gasteiger partial charge is 0.0430 e. The predicted molar refractivity (Wildman–Crippen MR) is 107 cm³/mol. The number of aliphatic hydroxyl groups excluding tert-OH is 3. The van der Waals surface area contributed by atoms with Crippen LogP contribution in [0.3, 0.4) is 0 Å². The first-order valence-electron chi connectivity index (χ1n) is 9.09. The third-order valence-electron chi connectivity index (χ3n) is 2.89. The van der Waals surface area contributed by atoms with Gasteiger partial charge in [-0.25, -0.2) is 12.1 Å². The molecular formula is C19H41HfO3Si-. The summed E-state index contributed by atoms with van der Waals surface area (Å²) in [7, 11) is -0.480. The molecular weight excluding hydrogens is 483 g/mol. The summed E-state index contributed by atoms with van der Waals surface area (Å²) in [6, 6.07) is 8.67. The summed E-state index contributed by atoms with van der Waals surface area (Å²) < 4.78 is 0. The standard InChI is InChI=1S/C7H11Si.3C4H10O.Hf/c1-8(2)7-5-3-4-6-7;3*1-2-3-4-5;/h3-6,8H,1-2H3;3*5H,2-4H2,1H3;/q-1;;;;. The van der Waals surface area contributed by atoms with Gasteiger partial charge in [-0.05, 0) is 19.3 Å². The molecule has 24 heavy (non-hydrogen) atoms. The summed E-state index contributed by atoms with van der Waals surface area (Å²) in [6.07, 6.45) is 6.11. The first-order chi connectivity index (χ1) is 11.0. The van der Waals surface area contributed by atoms with Gasteiger partial charge in [-0.15, -0.1) is 0 Å². The molecule has 3 N–H and O–H groups in total. The molecule has 0 saturated heterocycles. The minimum Gasteiger partial charge on any atom is -0.396 e. The Morgan fingerprint density at radius 3 is 1.08 bits per heavy atom. The molecule has 0 heterocycles. The fraction of sp³-hybridized carbons (Fsp3) is 0.737. The average Bonchev–Trinajstić information content (AvgIpc) is 3.06. The quantitative estimate of drug-likeness (QED) is 0.379. The zero-order chi connectivity index (χ0) is 18.3. The molecule has 1 rings (SSSR count). The molecule has 0 aliphatic carbocycles. The normalized spacial score (nSPS) is 8.71. The van der Waals surface area contributed by atoms with Crippen LogP contribution in [0, 0.1) is 0 Å². The van der Waals surface area contributed by atoms with E-state index in [-0.39, 0.29) is 25.8 Å². The van der Waals surface area contributed by atoms with Crippen LogP contribution >= 0.6 is 0 Å². The average molecular weight is 524 g/mol. The molecule has 0 aliphatic rings. The Balaban J connectivity index is -0.000000113. The van der Waals surface area contributed by atoms with Crippen LogP contribution in [0.2, 0.25) is 13.1 Å². The summed E-state index contributed by atoms with van der Waals surface area (Å²) in [5, 5.41) is 25.8. The van der Waals surface area contributed by atoms with Gasteiger partial charge in [0.1, 0.15) is 0 Å². The Bertz CT molecular complexity index is 247. The summed E-state index contributed by atoms with van der Waals surface area (Å²) in [5.74, 6) is 0. The molecule has 5 heteroatoms. The number of hydrogen-bond donors (Lipinski definition) is 3. The minimum atomic E-state index is -0.480. The van der Waals surface area contributed by atoms with Gasteiger partial charge >= 0.3 is 0 Å². The Morgan fingerprint density at radius 1 is 0.708 bits per heavy atom. The van der Waals surface area contributed by atoms with Crippen molar-refractivity contribution in [1.29, 1.82) is 0 Å². The van der Waals surface area contributed by atoms with E-state index in [1.807, 2.05) is 0 Å². The fourth-order valence-corrected chi connectivity index (χ4v) is 2.24. The third-order valence-corrected chi connectivity index (χ3v) is 4.61. The molecule has 0 radical (unpaired) electrons. The van der Waals surface area contributed by atoms with Crippen molar-refractivity contribution in [3.8, 4) is 0 Å². The van der Waals surface area contributed by atoms with E-state index in [0.29, 0.717) is 19.8 Å². The van der Waals surface area contributed by atoms with Crippen molar-refractivity contribution < 1.29 is 41.2 Å². The van der Waals surface area contributed by atoms with Crippen LogP contribution in [0.1, 0.15) is 59.3 Å². The SMILES string of the molecule is CCCCO.CCCCO.CCCCO.C[SiH](C)[c-]1cccc1.[Hf]. The van der Waals surface area contributed by atoms with Crippen LogP contribution in [-0.4, -0.2) is 43.9 Å². The van der Waals surface area contributed by atoms with Crippen LogP contribution < -0.4 is 5.19 Å². The second-order valence-electron chi connectivity index (χ2n) is 5.60. The molecule has 0 spiro atoms. The van der Waals surface area contributed by atoms with Crippen molar-refractivity contribution in [1.82, 2.24) is 0 Å². The van der Waals surface area contributed by atoms with Gasteiger partial charge in [0.25, 0.3) is 0 Å². The molecule has 1 aromatic carbocycles. The molecule has 0 bridgehead atoms. The largest absolute Gasteiger partial charge is 0.396 e. The number of hydrogen-bond acceptors (Lipinski definition) is 3. The fourth-order valence-electron chi connectivity index (χ4n) is 1.25. The zero-order valence-electron chi connectivity index (χ0n) is 16.6. The molecule has 0 saturated carbocycles. The van der Waals surface area contributed by atoms with Crippen molar-refractivity contribution in [3.63, 3.8) is 0 Å². The van der Waals surface area contributed by atoms with Crippen LogP contribution in [0.4, 0.5) is 0 Å². The van der Waals surface area contributed by atoms with E-state index in [1.165, 1.54) is 0 Å². The maximum Gasteiger partial charge on any atom is 0.0430 e. The molecule has 0 fully saturated rings. The molecule has 0 aliphatic heterocycles. The van der Waals surface area contributed by atoms with E-state index < -0.39 is 8.80 Å². The maximum atomic E-state index is 8.07. The van der Waals surface area contributed by atoms with Gasteiger partial charge in [0, 0.05) is 54.5 Å².